The van der Waals surface area contributed by atoms with Gasteiger partial charge in [0, 0.05) is 43.4 Å². The first-order valence-electron chi connectivity index (χ1n) is 8.05. The first kappa shape index (κ1) is 13.0. The van der Waals surface area contributed by atoms with E-state index in [2.05, 4.69) is 21.3 Å². The molecule has 6 nitrogen and oxygen atoms in total. The summed E-state index contributed by atoms with van der Waals surface area (Å²) in [6, 6.07) is 5.67. The summed E-state index contributed by atoms with van der Waals surface area (Å²) in [5, 5.41) is 8.01. The van der Waals surface area contributed by atoms with Crippen LogP contribution in [0.15, 0.2) is 30.1 Å². The van der Waals surface area contributed by atoms with E-state index in [0.29, 0.717) is 23.3 Å². The average molecular weight is 310 g/mol. The highest BCUT2D eigenvalue weighted by Crippen LogP contribution is 2.44. The van der Waals surface area contributed by atoms with E-state index in [9.17, 15) is 4.79 Å². The van der Waals surface area contributed by atoms with Gasteiger partial charge in [0.2, 0.25) is 0 Å². The van der Waals surface area contributed by atoms with E-state index in [-0.39, 0.29) is 5.91 Å². The number of ether oxygens (including phenoxy) is 1. The number of aromatic nitrogens is 2. The Labute approximate surface area is 133 Å². The van der Waals surface area contributed by atoms with Crippen molar-refractivity contribution < 1.29 is 9.53 Å². The van der Waals surface area contributed by atoms with E-state index in [4.69, 9.17) is 4.74 Å². The third kappa shape index (κ3) is 1.69. The van der Waals surface area contributed by atoms with Crippen molar-refractivity contribution in [2.75, 3.05) is 26.7 Å². The zero-order chi connectivity index (χ0) is 15.6. The van der Waals surface area contributed by atoms with E-state index in [0.717, 1.165) is 37.0 Å². The molecule has 1 N–H and O–H groups in total. The molecule has 2 aromatic rings. The molecule has 6 rings (SSSR count). The topological polar surface area (TPSA) is 61.5 Å². The van der Waals surface area contributed by atoms with Crippen LogP contribution in [0.25, 0.3) is 10.9 Å². The van der Waals surface area contributed by atoms with Gasteiger partial charge in [-0.2, -0.15) is 5.10 Å². The number of benzene rings is 1. The Morgan fingerprint density at radius 3 is 3.09 bits per heavy atom. The number of rotatable bonds is 2. The van der Waals surface area contributed by atoms with Gasteiger partial charge in [-0.25, -0.2) is 0 Å². The van der Waals surface area contributed by atoms with Crippen LogP contribution in [0.3, 0.4) is 0 Å². The molecule has 0 saturated carbocycles. The van der Waals surface area contributed by atoms with Crippen LogP contribution in [0, 0.1) is 11.8 Å². The first-order chi connectivity index (χ1) is 11.3. The van der Waals surface area contributed by atoms with Gasteiger partial charge in [-0.05, 0) is 18.6 Å². The van der Waals surface area contributed by atoms with E-state index in [1.807, 2.05) is 23.1 Å². The maximum absolute atomic E-state index is 13.1. The van der Waals surface area contributed by atoms with Crippen molar-refractivity contribution in [3.05, 3.63) is 35.8 Å². The Kier molecular flexibility index (Phi) is 2.54. The number of amides is 1. The normalized spacial score (nSPS) is 25.2. The minimum atomic E-state index is -0.0248. The molecule has 0 unspecified atom stereocenters. The van der Waals surface area contributed by atoms with Gasteiger partial charge < -0.3 is 14.5 Å². The number of aromatic amines is 1. The highest BCUT2D eigenvalue weighted by atomic mass is 16.5. The molecule has 4 bridgehead atoms. The Balaban J connectivity index is 1.59. The van der Waals surface area contributed by atoms with Crippen molar-refractivity contribution >= 4 is 16.8 Å². The number of piperidine rings is 1. The van der Waals surface area contributed by atoms with Crippen molar-refractivity contribution in [2.45, 2.75) is 6.42 Å². The van der Waals surface area contributed by atoms with Gasteiger partial charge in [-0.1, -0.05) is 6.07 Å². The molecule has 118 valence electrons. The van der Waals surface area contributed by atoms with Crippen LogP contribution in [0.1, 0.15) is 16.9 Å². The number of H-pyrrole nitrogens is 1. The van der Waals surface area contributed by atoms with Crippen LogP contribution >= 0.6 is 0 Å². The van der Waals surface area contributed by atoms with Crippen LogP contribution < -0.4 is 4.74 Å². The predicted molar refractivity (Wildman–Crippen MR) is 84.9 cm³/mol. The summed E-state index contributed by atoms with van der Waals surface area (Å²) < 4.78 is 5.42. The second kappa shape index (κ2) is 4.50. The number of fused-ring (bicyclic) bond motifs is 2. The molecule has 4 aliphatic rings. The largest absolute Gasteiger partial charge is 0.496 e. The minimum Gasteiger partial charge on any atom is -0.496 e. The number of carbonyl (C=O) groups is 1. The first-order valence-corrected chi connectivity index (χ1v) is 8.05. The fourth-order valence-corrected chi connectivity index (χ4v) is 4.34. The van der Waals surface area contributed by atoms with E-state index in [1.165, 1.54) is 5.70 Å². The van der Waals surface area contributed by atoms with E-state index < -0.39 is 0 Å². The summed E-state index contributed by atoms with van der Waals surface area (Å²) in [6.07, 6.45) is 3.33. The molecule has 4 aliphatic heterocycles. The molecule has 5 heterocycles. The predicted octanol–water partition coefficient (Wildman–Crippen LogP) is 1.82. The number of nitrogens with one attached hydrogen (secondary N) is 1. The van der Waals surface area contributed by atoms with E-state index in [1.54, 1.807) is 7.11 Å². The Morgan fingerprint density at radius 1 is 1.39 bits per heavy atom. The van der Waals surface area contributed by atoms with Crippen LogP contribution in [-0.4, -0.2) is 52.6 Å². The summed E-state index contributed by atoms with van der Waals surface area (Å²) in [4.78, 5) is 17.4. The maximum Gasteiger partial charge on any atom is 0.279 e. The molecule has 2 saturated heterocycles. The standard InChI is InChI=1S/C17H18N4O2/c1-23-14-4-2-3-12-15(14)16(19-18-12)17(22)21-8-10-7-20-6-5-11(10)13(21)9-20/h2-4,9-11H,5-8H2,1H3,(H,18,19)/t10-,11-/m1/s1. The quantitative estimate of drug-likeness (QED) is 0.919. The highest BCUT2D eigenvalue weighted by molar-refractivity contribution is 6.07. The van der Waals surface area contributed by atoms with Crippen molar-refractivity contribution in [2.24, 2.45) is 11.8 Å². The van der Waals surface area contributed by atoms with Gasteiger partial charge in [0.15, 0.2) is 5.69 Å². The molecule has 1 aromatic heterocycles. The fourth-order valence-electron chi connectivity index (χ4n) is 4.34. The number of hydrogen-bond acceptors (Lipinski definition) is 4. The second-order valence-electron chi connectivity index (χ2n) is 6.57. The highest BCUT2D eigenvalue weighted by Gasteiger charge is 2.46. The molecular formula is C17H18N4O2. The monoisotopic (exact) mass is 310 g/mol. The van der Waals surface area contributed by atoms with Crippen molar-refractivity contribution in [1.29, 1.82) is 0 Å². The van der Waals surface area contributed by atoms with Crippen molar-refractivity contribution in [3.8, 4) is 5.75 Å². The minimum absolute atomic E-state index is 0.0248. The summed E-state index contributed by atoms with van der Waals surface area (Å²) in [5.41, 5.74) is 2.45. The number of methoxy groups -OCH3 is 1. The van der Waals surface area contributed by atoms with Crippen LogP contribution in [0.5, 0.6) is 5.75 Å². The summed E-state index contributed by atoms with van der Waals surface area (Å²) in [6.45, 7) is 2.99. The number of nitrogens with zero attached hydrogens (tertiary/aromatic N) is 3. The number of carbonyl (C=O) groups excluding carboxylic acids is 1. The molecule has 2 fully saturated rings. The van der Waals surface area contributed by atoms with Gasteiger partial charge in [-0.15, -0.1) is 0 Å². The van der Waals surface area contributed by atoms with Gasteiger partial charge in [0.05, 0.1) is 18.0 Å². The zero-order valence-corrected chi connectivity index (χ0v) is 13.0. The van der Waals surface area contributed by atoms with Crippen molar-refractivity contribution in [3.63, 3.8) is 0 Å². The molecular weight excluding hydrogens is 292 g/mol. The Bertz CT molecular complexity index is 840. The van der Waals surface area contributed by atoms with Crippen LogP contribution in [0.2, 0.25) is 0 Å². The molecule has 0 radical (unpaired) electrons. The van der Waals surface area contributed by atoms with E-state index >= 15 is 0 Å². The van der Waals surface area contributed by atoms with Crippen molar-refractivity contribution in [1.82, 2.24) is 20.0 Å². The summed E-state index contributed by atoms with van der Waals surface area (Å²) >= 11 is 0. The second-order valence-corrected chi connectivity index (χ2v) is 6.57. The number of allylic oxidation sites excluding steroid dienone is 1. The summed E-state index contributed by atoms with van der Waals surface area (Å²) in [5.74, 6) is 1.76. The average Bonchev–Trinajstić information content (AvgIpc) is 3.13. The third-order valence-corrected chi connectivity index (χ3v) is 5.41. The Morgan fingerprint density at radius 2 is 2.30 bits per heavy atom. The lowest BCUT2D eigenvalue weighted by molar-refractivity contribution is 0.0816. The van der Waals surface area contributed by atoms with Gasteiger partial charge in [0.1, 0.15) is 5.75 Å². The molecule has 2 atom stereocenters. The lowest BCUT2D eigenvalue weighted by atomic mass is 9.84. The number of likely N-dealkylation sites (tertiary alicyclic amines) is 1. The molecule has 6 heteroatoms. The van der Waals surface area contributed by atoms with Gasteiger partial charge >= 0.3 is 0 Å². The lowest BCUT2D eigenvalue weighted by Gasteiger charge is -2.39. The maximum atomic E-state index is 13.1. The lowest BCUT2D eigenvalue weighted by Crippen LogP contribution is -2.40. The van der Waals surface area contributed by atoms with Gasteiger partial charge in [-0.3, -0.25) is 9.89 Å². The molecule has 1 amide bonds. The third-order valence-electron chi connectivity index (χ3n) is 5.41. The zero-order valence-electron chi connectivity index (χ0n) is 13.0. The Hall–Kier alpha value is -2.50. The number of hydrogen-bond donors (Lipinski definition) is 1. The fraction of sp³-hybridized carbons (Fsp3) is 0.412. The van der Waals surface area contributed by atoms with Crippen LogP contribution in [-0.2, 0) is 0 Å². The molecule has 0 spiro atoms. The summed E-state index contributed by atoms with van der Waals surface area (Å²) in [7, 11) is 1.62. The smallest absolute Gasteiger partial charge is 0.279 e. The molecule has 23 heavy (non-hydrogen) atoms. The molecule has 1 aromatic carbocycles. The SMILES string of the molecule is COc1cccc2[nH]nc(C(=O)N3C[C@H]4CN5C=C3[C@@H]4CC5)c12. The van der Waals surface area contributed by atoms with Gasteiger partial charge in [0.25, 0.3) is 5.91 Å². The molecule has 0 aliphatic carbocycles. The van der Waals surface area contributed by atoms with Crippen LogP contribution in [0.4, 0.5) is 0 Å².